The van der Waals surface area contributed by atoms with Crippen LogP contribution in [-0.4, -0.2) is 25.2 Å². The Morgan fingerprint density at radius 3 is 2.73 bits per heavy atom. The minimum absolute atomic E-state index is 0.474. The van der Waals surface area contributed by atoms with Gasteiger partial charge in [-0.25, -0.2) is 0 Å². The Hall–Kier alpha value is -0.0800. The number of hydrogen-bond donors (Lipinski definition) is 2. The van der Waals surface area contributed by atoms with E-state index in [2.05, 4.69) is 17.6 Å². The molecule has 1 heterocycles. The van der Waals surface area contributed by atoms with Gasteiger partial charge in [0, 0.05) is 5.54 Å². The van der Waals surface area contributed by atoms with Gasteiger partial charge in [-0.05, 0) is 64.6 Å². The van der Waals surface area contributed by atoms with E-state index in [0.29, 0.717) is 5.54 Å². The molecular weight excluding hydrogens is 184 g/mol. The summed E-state index contributed by atoms with van der Waals surface area (Å²) in [5.74, 6) is 0.927. The lowest BCUT2D eigenvalue weighted by molar-refractivity contribution is 0.311. The van der Waals surface area contributed by atoms with Crippen LogP contribution in [-0.2, 0) is 0 Å². The largest absolute Gasteiger partial charge is 0.316 e. The average Bonchev–Trinajstić information content (AvgIpc) is 2.67. The first-order valence-corrected chi connectivity index (χ1v) is 6.74. The van der Waals surface area contributed by atoms with Gasteiger partial charge in [0.2, 0.25) is 0 Å². The Bertz CT molecular complexity index is 179. The Balaban J connectivity index is 1.61. The van der Waals surface area contributed by atoms with Crippen molar-refractivity contribution in [1.82, 2.24) is 10.6 Å². The first kappa shape index (κ1) is 11.4. The van der Waals surface area contributed by atoms with Crippen LogP contribution in [0.2, 0.25) is 0 Å². The molecule has 1 aliphatic carbocycles. The van der Waals surface area contributed by atoms with Crippen molar-refractivity contribution in [1.29, 1.82) is 0 Å². The SMILES string of the molecule is CC1(NCCC2CCCNC2)CCCC1. The lowest BCUT2D eigenvalue weighted by atomic mass is 9.95. The van der Waals surface area contributed by atoms with E-state index in [-0.39, 0.29) is 0 Å². The standard InChI is InChI=1S/C13H26N2/c1-13(7-2-3-8-13)15-10-6-12-5-4-9-14-11-12/h12,14-15H,2-11H2,1H3. The zero-order valence-electron chi connectivity index (χ0n) is 10.1. The molecule has 2 fully saturated rings. The third-order valence-electron chi connectivity index (χ3n) is 4.21. The van der Waals surface area contributed by atoms with Crippen LogP contribution in [0.15, 0.2) is 0 Å². The molecule has 0 aromatic heterocycles. The van der Waals surface area contributed by atoms with Crippen molar-refractivity contribution >= 4 is 0 Å². The maximum atomic E-state index is 3.78. The van der Waals surface area contributed by atoms with Crippen LogP contribution in [0.4, 0.5) is 0 Å². The van der Waals surface area contributed by atoms with Crippen LogP contribution in [0.1, 0.15) is 51.9 Å². The molecule has 0 aromatic rings. The van der Waals surface area contributed by atoms with E-state index in [1.54, 1.807) is 0 Å². The second-order valence-corrected chi connectivity index (χ2v) is 5.70. The van der Waals surface area contributed by atoms with Gasteiger partial charge in [-0.15, -0.1) is 0 Å². The van der Waals surface area contributed by atoms with E-state index in [1.807, 2.05) is 0 Å². The van der Waals surface area contributed by atoms with Gasteiger partial charge in [0.15, 0.2) is 0 Å². The summed E-state index contributed by atoms with van der Waals surface area (Å²) >= 11 is 0. The van der Waals surface area contributed by atoms with Crippen molar-refractivity contribution in [2.75, 3.05) is 19.6 Å². The first-order valence-electron chi connectivity index (χ1n) is 6.74. The number of piperidine rings is 1. The highest BCUT2D eigenvalue weighted by molar-refractivity contribution is 4.88. The van der Waals surface area contributed by atoms with E-state index < -0.39 is 0 Å². The maximum Gasteiger partial charge on any atom is 0.0153 e. The molecule has 1 aliphatic heterocycles. The molecule has 1 atom stereocenters. The highest BCUT2D eigenvalue weighted by atomic mass is 15.0. The van der Waals surface area contributed by atoms with Crippen molar-refractivity contribution in [2.24, 2.45) is 5.92 Å². The summed E-state index contributed by atoms with van der Waals surface area (Å²) in [6, 6.07) is 0. The van der Waals surface area contributed by atoms with Crippen molar-refractivity contribution in [2.45, 2.75) is 57.4 Å². The van der Waals surface area contributed by atoms with Crippen LogP contribution in [0.3, 0.4) is 0 Å². The van der Waals surface area contributed by atoms with Crippen LogP contribution < -0.4 is 10.6 Å². The molecule has 0 aromatic carbocycles. The smallest absolute Gasteiger partial charge is 0.0153 e. The lowest BCUT2D eigenvalue weighted by Crippen LogP contribution is -2.41. The summed E-state index contributed by atoms with van der Waals surface area (Å²) in [5.41, 5.74) is 0.474. The fourth-order valence-corrected chi connectivity index (χ4v) is 3.08. The van der Waals surface area contributed by atoms with Crippen molar-refractivity contribution < 1.29 is 0 Å². The first-order chi connectivity index (χ1) is 7.29. The number of nitrogens with one attached hydrogen (secondary N) is 2. The number of hydrogen-bond acceptors (Lipinski definition) is 2. The summed E-state index contributed by atoms with van der Waals surface area (Å²) in [6.07, 6.45) is 9.80. The number of rotatable bonds is 4. The molecule has 1 saturated heterocycles. The van der Waals surface area contributed by atoms with Crippen molar-refractivity contribution in [3.05, 3.63) is 0 Å². The van der Waals surface area contributed by atoms with E-state index in [1.165, 1.54) is 64.6 Å². The maximum absolute atomic E-state index is 3.78. The predicted molar refractivity (Wildman–Crippen MR) is 65.1 cm³/mol. The van der Waals surface area contributed by atoms with Gasteiger partial charge in [-0.3, -0.25) is 0 Å². The van der Waals surface area contributed by atoms with Gasteiger partial charge in [-0.1, -0.05) is 12.8 Å². The Labute approximate surface area is 94.2 Å². The summed E-state index contributed by atoms with van der Waals surface area (Å²) in [5, 5.41) is 7.27. The van der Waals surface area contributed by atoms with Crippen LogP contribution >= 0.6 is 0 Å². The van der Waals surface area contributed by atoms with E-state index in [9.17, 15) is 0 Å². The molecule has 2 nitrogen and oxygen atoms in total. The van der Waals surface area contributed by atoms with Gasteiger partial charge < -0.3 is 10.6 Å². The van der Waals surface area contributed by atoms with Gasteiger partial charge in [-0.2, -0.15) is 0 Å². The summed E-state index contributed by atoms with van der Waals surface area (Å²) in [4.78, 5) is 0. The minimum Gasteiger partial charge on any atom is -0.316 e. The van der Waals surface area contributed by atoms with Crippen LogP contribution in [0, 0.1) is 5.92 Å². The molecule has 88 valence electrons. The summed E-state index contributed by atoms with van der Waals surface area (Å²) in [6.45, 7) is 6.11. The molecule has 0 amide bonds. The minimum atomic E-state index is 0.474. The van der Waals surface area contributed by atoms with Gasteiger partial charge >= 0.3 is 0 Å². The van der Waals surface area contributed by atoms with Crippen molar-refractivity contribution in [3.8, 4) is 0 Å². The zero-order chi connectivity index (χ0) is 10.6. The van der Waals surface area contributed by atoms with Crippen molar-refractivity contribution in [3.63, 3.8) is 0 Å². The molecule has 15 heavy (non-hydrogen) atoms. The Morgan fingerprint density at radius 1 is 1.27 bits per heavy atom. The lowest BCUT2D eigenvalue weighted by Gasteiger charge is -2.28. The van der Waals surface area contributed by atoms with Crippen LogP contribution in [0.25, 0.3) is 0 Å². The molecular formula is C13H26N2. The normalized spacial score (nSPS) is 30.6. The van der Waals surface area contributed by atoms with Gasteiger partial charge in [0.25, 0.3) is 0 Å². The Morgan fingerprint density at radius 2 is 2.07 bits per heavy atom. The average molecular weight is 210 g/mol. The van der Waals surface area contributed by atoms with E-state index in [0.717, 1.165) is 5.92 Å². The van der Waals surface area contributed by atoms with Crippen LogP contribution in [0.5, 0.6) is 0 Å². The molecule has 2 aliphatic rings. The van der Waals surface area contributed by atoms with Gasteiger partial charge in [0.05, 0.1) is 0 Å². The molecule has 2 heteroatoms. The fourth-order valence-electron chi connectivity index (χ4n) is 3.08. The third-order valence-corrected chi connectivity index (χ3v) is 4.21. The predicted octanol–water partition coefficient (Wildman–Crippen LogP) is 2.30. The molecule has 2 N–H and O–H groups in total. The topological polar surface area (TPSA) is 24.1 Å². The van der Waals surface area contributed by atoms with E-state index in [4.69, 9.17) is 0 Å². The monoisotopic (exact) mass is 210 g/mol. The quantitative estimate of drug-likeness (QED) is 0.744. The van der Waals surface area contributed by atoms with Gasteiger partial charge in [0.1, 0.15) is 0 Å². The highest BCUT2D eigenvalue weighted by Gasteiger charge is 2.27. The summed E-state index contributed by atoms with van der Waals surface area (Å²) in [7, 11) is 0. The second-order valence-electron chi connectivity index (χ2n) is 5.70. The Kier molecular flexibility index (Phi) is 4.04. The van der Waals surface area contributed by atoms with E-state index >= 15 is 0 Å². The molecule has 0 spiro atoms. The molecule has 1 unspecified atom stereocenters. The molecule has 1 saturated carbocycles. The molecule has 0 radical (unpaired) electrons. The second kappa shape index (κ2) is 5.31. The molecule has 2 rings (SSSR count). The zero-order valence-corrected chi connectivity index (χ0v) is 10.1. The summed E-state index contributed by atoms with van der Waals surface area (Å²) < 4.78 is 0. The molecule has 0 bridgehead atoms. The fraction of sp³-hybridized carbons (Fsp3) is 1.00. The third kappa shape index (κ3) is 3.46. The highest BCUT2D eigenvalue weighted by Crippen LogP contribution is 2.28.